The molecular formula is C59H58F6O10S4. The van der Waals surface area contributed by atoms with Crippen LogP contribution < -0.4 is 4.74 Å². The van der Waals surface area contributed by atoms with Gasteiger partial charge in [0.05, 0.1) is 31.6 Å². The molecule has 0 aliphatic heterocycles. The SMILES string of the molecule is CC(O)(COc1ccc([S+](c2ccccc2)c2ccccc2)cc1)C(F)(F)F.CCC(C)(O)C(F)(F)F.Cc1ccc(S(=O)(=O)[O-])cc1.Cc1ccc(S(=O)(=O)[O-])cc1.Oc1ccc([S+](c2ccccc2)c2ccccc2)cc1. The van der Waals surface area contributed by atoms with Crippen molar-refractivity contribution in [2.75, 3.05) is 6.61 Å². The molecule has 0 aromatic heterocycles. The summed E-state index contributed by atoms with van der Waals surface area (Å²) < 4.78 is 141. The van der Waals surface area contributed by atoms with Gasteiger partial charge in [-0.1, -0.05) is 115 Å². The highest BCUT2D eigenvalue weighted by Crippen LogP contribution is 2.35. The number of aromatic hydroxyl groups is 1. The number of aryl methyl sites for hydroxylation is 2. The van der Waals surface area contributed by atoms with Gasteiger partial charge in [0.15, 0.2) is 40.6 Å². The van der Waals surface area contributed by atoms with E-state index in [-0.39, 0.29) is 43.8 Å². The highest BCUT2D eigenvalue weighted by atomic mass is 32.2. The van der Waals surface area contributed by atoms with Gasteiger partial charge in [-0.15, -0.1) is 0 Å². The first-order valence-electron chi connectivity index (χ1n) is 23.8. The van der Waals surface area contributed by atoms with Crippen LogP contribution in [0.4, 0.5) is 26.3 Å². The third kappa shape index (κ3) is 20.8. The Morgan fingerprint density at radius 3 is 0.937 bits per heavy atom. The number of hydrogen-bond donors (Lipinski definition) is 3. The van der Waals surface area contributed by atoms with Crippen molar-refractivity contribution >= 4 is 42.0 Å². The van der Waals surface area contributed by atoms with E-state index in [4.69, 9.17) is 9.84 Å². The first kappa shape index (κ1) is 64.9. The van der Waals surface area contributed by atoms with E-state index in [1.165, 1.54) is 45.9 Å². The van der Waals surface area contributed by atoms with Gasteiger partial charge in [0.25, 0.3) is 0 Å². The van der Waals surface area contributed by atoms with E-state index >= 15 is 0 Å². The van der Waals surface area contributed by atoms with Gasteiger partial charge in [-0.25, -0.2) is 16.8 Å². The third-order valence-electron chi connectivity index (χ3n) is 11.1. The molecule has 8 rings (SSSR count). The van der Waals surface area contributed by atoms with Crippen LogP contribution in [0.3, 0.4) is 0 Å². The Labute approximate surface area is 463 Å². The van der Waals surface area contributed by atoms with Gasteiger partial charge in [-0.05, 0) is 155 Å². The fourth-order valence-electron chi connectivity index (χ4n) is 6.21. The maximum absolute atomic E-state index is 12.8. The summed E-state index contributed by atoms with van der Waals surface area (Å²) in [7, 11) is -9.02. The summed E-state index contributed by atoms with van der Waals surface area (Å²) in [5.74, 6) is 0.580. The number of ether oxygens (including phenoxy) is 1. The molecule has 0 aliphatic rings. The van der Waals surface area contributed by atoms with Crippen LogP contribution in [0.15, 0.2) is 258 Å². The predicted octanol–water partition coefficient (Wildman–Crippen LogP) is 13.5. The van der Waals surface area contributed by atoms with Crippen molar-refractivity contribution in [1.82, 2.24) is 0 Å². The summed E-state index contributed by atoms with van der Waals surface area (Å²) in [6.45, 7) is 5.52. The minimum absolute atomic E-state index is 0.134. The first-order valence-corrected chi connectivity index (χ1v) is 29.0. The number of aliphatic hydroxyl groups is 2. The lowest BCUT2D eigenvalue weighted by atomic mass is 10.0. The number of phenols is 1. The summed E-state index contributed by atoms with van der Waals surface area (Å²) in [5, 5.41) is 27.5. The molecule has 2 unspecified atom stereocenters. The van der Waals surface area contributed by atoms with E-state index in [2.05, 4.69) is 72.8 Å². The van der Waals surface area contributed by atoms with Gasteiger partial charge in [0.1, 0.15) is 38.3 Å². The Kier molecular flexibility index (Phi) is 23.8. The summed E-state index contributed by atoms with van der Waals surface area (Å²) in [6.07, 6.45) is -9.56. The van der Waals surface area contributed by atoms with Crippen molar-refractivity contribution in [2.45, 2.75) is 104 Å². The second-order valence-electron chi connectivity index (χ2n) is 17.5. The average molecular weight is 1170 g/mol. The molecule has 79 heavy (non-hydrogen) atoms. The lowest BCUT2D eigenvalue weighted by Gasteiger charge is -2.26. The van der Waals surface area contributed by atoms with E-state index in [1.54, 1.807) is 48.5 Å². The van der Waals surface area contributed by atoms with E-state index in [0.29, 0.717) is 12.7 Å². The zero-order valence-electron chi connectivity index (χ0n) is 43.3. The average Bonchev–Trinajstić information content (AvgIpc) is 3.40. The number of alkyl halides is 6. The van der Waals surface area contributed by atoms with Gasteiger partial charge in [0.2, 0.25) is 0 Å². The molecule has 3 N–H and O–H groups in total. The third-order valence-corrected chi connectivity index (χ3v) is 17.3. The Bertz CT molecular complexity index is 3130. The fraction of sp³-hybridized carbons (Fsp3) is 0.186. The van der Waals surface area contributed by atoms with Crippen LogP contribution in [-0.2, 0) is 42.0 Å². The monoisotopic (exact) mass is 1170 g/mol. The molecule has 8 aromatic carbocycles. The Morgan fingerprint density at radius 1 is 0.430 bits per heavy atom. The molecule has 0 spiro atoms. The Balaban J connectivity index is 0.000000229. The smallest absolute Gasteiger partial charge is 0.420 e. The largest absolute Gasteiger partial charge is 0.744 e. The van der Waals surface area contributed by atoms with Crippen molar-refractivity contribution < 1.29 is 72.3 Å². The minimum atomic E-state index is -4.75. The maximum atomic E-state index is 12.8. The normalized spacial score (nSPS) is 13.0. The van der Waals surface area contributed by atoms with Crippen LogP contribution in [0.2, 0.25) is 0 Å². The number of hydrogen-bond acceptors (Lipinski definition) is 10. The molecule has 2 atom stereocenters. The fourth-order valence-corrected chi connectivity index (χ4v) is 11.3. The van der Waals surface area contributed by atoms with Crippen molar-refractivity contribution in [1.29, 1.82) is 0 Å². The second-order valence-corrected chi connectivity index (χ2v) is 24.4. The van der Waals surface area contributed by atoms with Crippen molar-refractivity contribution in [3.05, 3.63) is 230 Å². The quantitative estimate of drug-likeness (QED) is 0.0604. The van der Waals surface area contributed by atoms with Gasteiger partial charge in [0, 0.05) is 0 Å². The van der Waals surface area contributed by atoms with Crippen LogP contribution in [0.25, 0.3) is 0 Å². The molecule has 0 heterocycles. The van der Waals surface area contributed by atoms with Crippen LogP contribution in [0.1, 0.15) is 38.3 Å². The molecule has 0 bridgehead atoms. The summed E-state index contributed by atoms with van der Waals surface area (Å²) in [6, 6.07) is 67.1. The molecule has 420 valence electrons. The van der Waals surface area contributed by atoms with Gasteiger partial charge in [-0.2, -0.15) is 26.3 Å². The zero-order chi connectivity index (χ0) is 58.7. The number of rotatable bonds is 12. The van der Waals surface area contributed by atoms with Crippen LogP contribution >= 0.6 is 0 Å². The topological polar surface area (TPSA) is 184 Å². The Hall–Kier alpha value is -6.62. The molecule has 8 aromatic rings. The summed E-state index contributed by atoms with van der Waals surface area (Å²) in [4.78, 5) is 6.72. The zero-order valence-corrected chi connectivity index (χ0v) is 46.6. The molecule has 0 fully saturated rings. The Morgan fingerprint density at radius 2 is 0.696 bits per heavy atom. The molecule has 20 heteroatoms. The van der Waals surface area contributed by atoms with Gasteiger partial charge < -0.3 is 29.2 Å². The van der Waals surface area contributed by atoms with Crippen LogP contribution in [-0.4, -0.2) is 71.4 Å². The molecule has 0 saturated carbocycles. The van der Waals surface area contributed by atoms with Crippen LogP contribution in [0, 0.1) is 13.8 Å². The molecule has 0 aliphatic carbocycles. The lowest BCUT2D eigenvalue weighted by Crippen LogP contribution is -2.47. The standard InChI is InChI=1S/C22H20F3O2S.C18H14OS.2C7H8O3S.C5H9F3O/c1-21(26,22(23,24)25)16-27-17-12-14-20(15-13-17)28(18-8-4-2-5-9-18)19-10-6-3-7-11-19;19-15-11-13-18(14-12-15)20(16-7-3-1-4-8-16)17-9-5-2-6-10-17;2*1-6-2-4-7(5-3-6)11(8,9)10;1-3-4(2,9)5(6,7)8/h2-15,26H,16H2,1H3;1-14H;2*2-5H,1H3,(H,8,9,10);9H,3H2,1-2H3/q+1;;;;/p-1. The molecule has 0 saturated heterocycles. The molecular weight excluding hydrogens is 1110 g/mol. The number of halogens is 6. The number of phenolic OH excluding ortho intramolecular Hbond substituents is 1. The molecule has 10 nitrogen and oxygen atoms in total. The highest BCUT2D eigenvalue weighted by molar-refractivity contribution is 7.97. The van der Waals surface area contributed by atoms with Crippen LogP contribution in [0.5, 0.6) is 11.5 Å². The van der Waals surface area contributed by atoms with Gasteiger partial charge in [-0.3, -0.25) is 0 Å². The van der Waals surface area contributed by atoms with E-state index in [1.807, 2.05) is 86.6 Å². The van der Waals surface area contributed by atoms with E-state index < -0.39 is 50.4 Å². The van der Waals surface area contributed by atoms with Gasteiger partial charge >= 0.3 is 12.4 Å². The van der Waals surface area contributed by atoms with E-state index in [9.17, 15) is 62.5 Å². The minimum Gasteiger partial charge on any atom is -0.744 e. The highest BCUT2D eigenvalue weighted by Gasteiger charge is 2.51. The van der Waals surface area contributed by atoms with Crippen molar-refractivity contribution in [2.24, 2.45) is 0 Å². The van der Waals surface area contributed by atoms with E-state index in [0.717, 1.165) is 32.7 Å². The van der Waals surface area contributed by atoms with Crippen molar-refractivity contribution in [3.8, 4) is 11.5 Å². The maximum Gasteiger partial charge on any atom is 0.420 e. The lowest BCUT2D eigenvalue weighted by molar-refractivity contribution is -0.260. The predicted molar refractivity (Wildman–Crippen MR) is 292 cm³/mol. The summed E-state index contributed by atoms with van der Waals surface area (Å²) >= 11 is 0. The summed E-state index contributed by atoms with van der Waals surface area (Å²) in [5.41, 5.74) is -3.56. The molecule has 0 radical (unpaired) electrons. The molecule has 0 amide bonds. The van der Waals surface area contributed by atoms with Crippen molar-refractivity contribution in [3.63, 3.8) is 0 Å². The number of benzene rings is 8. The first-order chi connectivity index (χ1) is 36.9. The second kappa shape index (κ2) is 29.0.